The zero-order valence-corrected chi connectivity index (χ0v) is 17.8. The first-order valence-electron chi connectivity index (χ1n) is 11.1. The average molecular weight is 398 g/mol. The van der Waals surface area contributed by atoms with Crippen LogP contribution in [0.4, 0.5) is 0 Å². The van der Waals surface area contributed by atoms with Crippen molar-refractivity contribution in [1.29, 1.82) is 0 Å². The average Bonchev–Trinajstić information content (AvgIpc) is 3.12. The number of aliphatic hydroxyl groups excluding tert-OH is 1. The van der Waals surface area contributed by atoms with Gasteiger partial charge >= 0.3 is 0 Å². The summed E-state index contributed by atoms with van der Waals surface area (Å²) < 4.78 is 6.11. The van der Waals surface area contributed by atoms with E-state index < -0.39 is 17.1 Å². The Morgan fingerprint density at radius 2 is 2.14 bits per heavy atom. The Hall–Kier alpha value is -1.75. The van der Waals surface area contributed by atoms with Crippen LogP contribution in [-0.2, 0) is 14.3 Å². The number of aliphatic hydroxyl groups is 1. The predicted molar refractivity (Wildman–Crippen MR) is 109 cm³/mol. The van der Waals surface area contributed by atoms with Gasteiger partial charge in [-0.05, 0) is 49.7 Å². The fourth-order valence-electron chi connectivity index (χ4n) is 7.96. The monoisotopic (exact) mass is 397 g/mol. The van der Waals surface area contributed by atoms with Gasteiger partial charge < -0.3 is 9.84 Å². The summed E-state index contributed by atoms with van der Waals surface area (Å²) in [4.78, 5) is 30.1. The Labute approximate surface area is 172 Å². The Bertz CT molecular complexity index is 887. The molecule has 5 heteroatoms. The van der Waals surface area contributed by atoms with Crippen LogP contribution in [0.1, 0.15) is 59.8 Å². The minimum atomic E-state index is -0.863. The first kappa shape index (κ1) is 19.2. The molecule has 8 atom stereocenters. The SMILES string of the molecule is CCC(=O)[C@@]12N=C(C)O[C@@H]1C[C@H]1[C@@H]3CCC4=CC(=O)C=C[C@]4(C)[C@H]3[C@@H](O)C[C@@]12C. The molecule has 0 saturated heterocycles. The molecule has 5 rings (SSSR count). The van der Waals surface area contributed by atoms with Crippen LogP contribution in [0.5, 0.6) is 0 Å². The molecule has 0 radical (unpaired) electrons. The molecule has 0 aromatic rings. The highest BCUT2D eigenvalue weighted by molar-refractivity contribution is 6.01. The number of hydrogen-bond donors (Lipinski definition) is 1. The summed E-state index contributed by atoms with van der Waals surface area (Å²) in [5.41, 5.74) is -0.416. The third-order valence-electron chi connectivity index (χ3n) is 9.08. The topological polar surface area (TPSA) is 76.0 Å². The molecule has 0 bridgehead atoms. The van der Waals surface area contributed by atoms with E-state index in [1.54, 1.807) is 12.2 Å². The number of fused-ring (bicyclic) bond motifs is 7. The van der Waals surface area contributed by atoms with E-state index in [-0.39, 0.29) is 40.8 Å². The molecule has 5 aliphatic rings. The number of nitrogens with zero attached hydrogens (tertiary/aromatic N) is 1. The van der Waals surface area contributed by atoms with Gasteiger partial charge in [0.25, 0.3) is 0 Å². The van der Waals surface area contributed by atoms with Crippen LogP contribution >= 0.6 is 0 Å². The van der Waals surface area contributed by atoms with Crippen LogP contribution in [0.25, 0.3) is 0 Å². The highest BCUT2D eigenvalue weighted by atomic mass is 16.5. The molecule has 1 heterocycles. The zero-order valence-electron chi connectivity index (χ0n) is 17.8. The van der Waals surface area contributed by atoms with Crippen molar-refractivity contribution in [2.45, 2.75) is 77.5 Å². The van der Waals surface area contributed by atoms with Crippen molar-refractivity contribution in [3.05, 3.63) is 23.8 Å². The fraction of sp³-hybridized carbons (Fsp3) is 0.708. The van der Waals surface area contributed by atoms with Crippen molar-refractivity contribution in [2.75, 3.05) is 0 Å². The lowest BCUT2D eigenvalue weighted by Crippen LogP contribution is -2.61. The molecule has 0 spiro atoms. The summed E-state index contributed by atoms with van der Waals surface area (Å²) in [6.07, 6.45) is 8.31. The number of ether oxygens (including phenoxy) is 1. The number of ketones is 2. The van der Waals surface area contributed by atoms with Crippen molar-refractivity contribution >= 4 is 17.5 Å². The second kappa shape index (κ2) is 5.90. The summed E-state index contributed by atoms with van der Waals surface area (Å²) in [7, 11) is 0. The van der Waals surface area contributed by atoms with Crippen molar-refractivity contribution in [3.63, 3.8) is 0 Å². The first-order chi connectivity index (χ1) is 13.7. The Morgan fingerprint density at radius 1 is 1.38 bits per heavy atom. The maximum Gasteiger partial charge on any atom is 0.181 e. The van der Waals surface area contributed by atoms with Crippen LogP contribution < -0.4 is 0 Å². The molecule has 0 amide bonds. The maximum atomic E-state index is 13.3. The first-order valence-corrected chi connectivity index (χ1v) is 11.1. The lowest BCUT2D eigenvalue weighted by atomic mass is 9.46. The largest absolute Gasteiger partial charge is 0.475 e. The number of Topliss-reactive ketones (excluding diaryl/α,β-unsaturated/α-hetero) is 1. The van der Waals surface area contributed by atoms with E-state index in [2.05, 4.69) is 13.8 Å². The van der Waals surface area contributed by atoms with Gasteiger partial charge in [-0.2, -0.15) is 0 Å². The molecule has 0 aromatic heterocycles. The number of aliphatic imine (C=N–C) groups is 1. The predicted octanol–water partition coefficient (Wildman–Crippen LogP) is 3.41. The van der Waals surface area contributed by atoms with Crippen molar-refractivity contribution < 1.29 is 19.4 Å². The molecule has 1 aliphatic heterocycles. The Kier molecular flexibility index (Phi) is 3.91. The van der Waals surface area contributed by atoms with E-state index in [0.29, 0.717) is 18.7 Å². The van der Waals surface area contributed by atoms with E-state index in [1.165, 1.54) is 0 Å². The van der Waals surface area contributed by atoms with Crippen molar-refractivity contribution in [3.8, 4) is 0 Å². The van der Waals surface area contributed by atoms with Crippen LogP contribution in [0.15, 0.2) is 28.8 Å². The van der Waals surface area contributed by atoms with Crippen LogP contribution in [0, 0.1) is 28.6 Å². The summed E-state index contributed by atoms with van der Waals surface area (Å²) in [5, 5.41) is 11.5. The van der Waals surface area contributed by atoms with E-state index in [4.69, 9.17) is 9.73 Å². The second-order valence-electron chi connectivity index (χ2n) is 10.2. The van der Waals surface area contributed by atoms with Crippen LogP contribution in [-0.4, -0.2) is 40.3 Å². The van der Waals surface area contributed by atoms with E-state index in [9.17, 15) is 14.7 Å². The number of carbonyl (C=O) groups excluding carboxylic acids is 2. The molecule has 29 heavy (non-hydrogen) atoms. The van der Waals surface area contributed by atoms with Gasteiger partial charge in [0.05, 0.1) is 6.10 Å². The molecule has 156 valence electrons. The molecule has 5 nitrogen and oxygen atoms in total. The van der Waals surface area contributed by atoms with Gasteiger partial charge in [-0.1, -0.05) is 32.4 Å². The number of allylic oxidation sites excluding steroid dienone is 4. The zero-order chi connectivity index (χ0) is 20.8. The molecular weight excluding hydrogens is 366 g/mol. The minimum absolute atomic E-state index is 0.0483. The van der Waals surface area contributed by atoms with Gasteiger partial charge in [0.2, 0.25) is 0 Å². The number of carbonyl (C=O) groups is 2. The van der Waals surface area contributed by atoms with Crippen molar-refractivity contribution in [2.24, 2.45) is 33.6 Å². The van der Waals surface area contributed by atoms with Gasteiger partial charge in [0.15, 0.2) is 23.0 Å². The quantitative estimate of drug-likeness (QED) is 0.775. The summed E-state index contributed by atoms with van der Waals surface area (Å²) in [6.45, 7) is 8.08. The smallest absolute Gasteiger partial charge is 0.181 e. The maximum absolute atomic E-state index is 13.3. The molecule has 0 unspecified atom stereocenters. The van der Waals surface area contributed by atoms with Gasteiger partial charge in [0, 0.05) is 30.1 Å². The second-order valence-corrected chi connectivity index (χ2v) is 10.2. The summed E-state index contributed by atoms with van der Waals surface area (Å²) >= 11 is 0. The standard InChI is InChI=1S/C24H31NO4/c1-5-19(28)24-20(29-13(2)25-24)11-17-16-7-6-14-10-15(26)8-9-22(14,3)21(16)18(27)12-23(17,24)4/h8-10,16-18,20-21,27H,5-7,11-12H2,1-4H3/t16-,17-,18-,20+,21+,22-,23-,24+/m0/s1. The number of rotatable bonds is 2. The van der Waals surface area contributed by atoms with E-state index in [1.807, 2.05) is 19.9 Å². The molecule has 3 fully saturated rings. The van der Waals surface area contributed by atoms with Crippen LogP contribution in [0.3, 0.4) is 0 Å². The lowest BCUT2D eigenvalue weighted by molar-refractivity contribution is -0.143. The minimum Gasteiger partial charge on any atom is -0.475 e. The molecular formula is C24H31NO4. The Balaban J connectivity index is 1.61. The molecule has 3 saturated carbocycles. The highest BCUT2D eigenvalue weighted by Gasteiger charge is 2.74. The molecule has 1 N–H and O–H groups in total. The van der Waals surface area contributed by atoms with Gasteiger partial charge in [-0.15, -0.1) is 0 Å². The highest BCUT2D eigenvalue weighted by Crippen LogP contribution is 2.69. The van der Waals surface area contributed by atoms with Gasteiger partial charge in [-0.25, -0.2) is 4.99 Å². The summed E-state index contributed by atoms with van der Waals surface area (Å²) in [5.74, 6) is 1.41. The Morgan fingerprint density at radius 3 is 2.86 bits per heavy atom. The normalized spacial score (nSPS) is 50.0. The molecule has 0 aromatic carbocycles. The van der Waals surface area contributed by atoms with Gasteiger partial charge in [-0.3, -0.25) is 9.59 Å². The van der Waals surface area contributed by atoms with E-state index >= 15 is 0 Å². The van der Waals surface area contributed by atoms with E-state index in [0.717, 1.165) is 24.8 Å². The third-order valence-corrected chi connectivity index (χ3v) is 9.08. The van der Waals surface area contributed by atoms with Crippen molar-refractivity contribution in [1.82, 2.24) is 0 Å². The van der Waals surface area contributed by atoms with Gasteiger partial charge in [0.1, 0.15) is 6.10 Å². The number of hydrogen-bond acceptors (Lipinski definition) is 5. The summed E-state index contributed by atoms with van der Waals surface area (Å²) in [6, 6.07) is 0. The lowest BCUT2D eigenvalue weighted by Gasteiger charge is -2.59. The molecule has 4 aliphatic carbocycles. The fourth-order valence-corrected chi connectivity index (χ4v) is 7.96. The van der Waals surface area contributed by atoms with Crippen LogP contribution in [0.2, 0.25) is 0 Å². The third kappa shape index (κ3) is 2.17.